The maximum atomic E-state index is 5.56. The van der Waals surface area contributed by atoms with Crippen LogP contribution in [0.1, 0.15) is 34.1 Å². The summed E-state index contributed by atoms with van der Waals surface area (Å²) in [6, 6.07) is 0. The van der Waals surface area contributed by atoms with Crippen molar-refractivity contribution in [2.45, 2.75) is 42.9 Å². The minimum atomic E-state index is -0.0676. The zero-order valence-electron chi connectivity index (χ0n) is 7.78. The lowest BCUT2D eigenvalue weighted by Gasteiger charge is -2.22. The van der Waals surface area contributed by atoms with Gasteiger partial charge in [0, 0.05) is 10.0 Å². The normalized spacial score (nSPS) is 13.6. The molecule has 3 heteroatoms. The molecule has 11 heavy (non-hydrogen) atoms. The van der Waals surface area contributed by atoms with Crippen LogP contribution in [-0.4, -0.2) is 15.4 Å². The summed E-state index contributed by atoms with van der Waals surface area (Å²) in [5.41, 5.74) is 0. The Hall–Kier alpha value is 1.12. The highest BCUT2D eigenvalue weighted by Gasteiger charge is 2.15. The summed E-state index contributed by atoms with van der Waals surface area (Å²) in [5, 5.41) is -0.0676. The Morgan fingerprint density at radius 3 is 2.00 bits per heavy atom. The average Bonchev–Trinajstić information content (AvgIpc) is 1.55. The zero-order chi connectivity index (χ0) is 9.12. The van der Waals surface area contributed by atoms with E-state index in [2.05, 4.69) is 59.5 Å². The standard InChI is InChI=1S/C8H18IOP/c1-7(2,9)5-6-10-8(3,4)11/h5-6,11H2,1-4H3. The van der Waals surface area contributed by atoms with E-state index in [-0.39, 0.29) is 5.34 Å². The van der Waals surface area contributed by atoms with Gasteiger partial charge in [-0.2, -0.15) is 0 Å². The molecular formula is C8H18IOP. The highest BCUT2D eigenvalue weighted by atomic mass is 127. The number of hydrogen-bond acceptors (Lipinski definition) is 1. The van der Waals surface area contributed by atoms with Crippen LogP contribution in [0.2, 0.25) is 0 Å². The van der Waals surface area contributed by atoms with Gasteiger partial charge >= 0.3 is 0 Å². The van der Waals surface area contributed by atoms with Crippen LogP contribution < -0.4 is 0 Å². The van der Waals surface area contributed by atoms with E-state index in [1.807, 2.05) is 0 Å². The third-order valence-electron chi connectivity index (χ3n) is 1.17. The van der Waals surface area contributed by atoms with Crippen LogP contribution in [0.15, 0.2) is 0 Å². The third kappa shape index (κ3) is 11.1. The van der Waals surface area contributed by atoms with E-state index in [0.29, 0.717) is 3.42 Å². The minimum absolute atomic E-state index is 0.0676. The van der Waals surface area contributed by atoms with Gasteiger partial charge in [0.25, 0.3) is 0 Å². The van der Waals surface area contributed by atoms with Crippen molar-refractivity contribution in [1.29, 1.82) is 0 Å². The molecular weight excluding hydrogens is 270 g/mol. The Bertz CT molecular complexity index is 98.2. The molecule has 0 saturated carbocycles. The van der Waals surface area contributed by atoms with Crippen molar-refractivity contribution in [2.24, 2.45) is 0 Å². The summed E-state index contributed by atoms with van der Waals surface area (Å²) in [4.78, 5) is 0. The molecule has 0 bridgehead atoms. The van der Waals surface area contributed by atoms with Crippen LogP contribution in [0.3, 0.4) is 0 Å². The number of alkyl halides is 1. The van der Waals surface area contributed by atoms with E-state index in [4.69, 9.17) is 4.74 Å². The van der Waals surface area contributed by atoms with Crippen molar-refractivity contribution >= 4 is 31.8 Å². The minimum Gasteiger partial charge on any atom is -0.372 e. The van der Waals surface area contributed by atoms with Crippen LogP contribution in [0.5, 0.6) is 0 Å². The molecule has 1 nitrogen and oxygen atoms in total. The van der Waals surface area contributed by atoms with E-state index in [0.717, 1.165) is 13.0 Å². The fourth-order valence-corrected chi connectivity index (χ4v) is 0.895. The van der Waals surface area contributed by atoms with Crippen molar-refractivity contribution < 1.29 is 4.74 Å². The van der Waals surface area contributed by atoms with Gasteiger partial charge in [-0.25, -0.2) is 0 Å². The van der Waals surface area contributed by atoms with Gasteiger partial charge in [0.15, 0.2) is 0 Å². The van der Waals surface area contributed by atoms with E-state index in [9.17, 15) is 0 Å². The second-order valence-electron chi connectivity index (χ2n) is 3.92. The molecule has 0 aromatic rings. The predicted octanol–water partition coefficient (Wildman–Crippen LogP) is 3.22. The van der Waals surface area contributed by atoms with Crippen LogP contribution in [0, 0.1) is 0 Å². The number of rotatable bonds is 4. The summed E-state index contributed by atoms with van der Waals surface area (Å²) < 4.78 is 5.92. The first kappa shape index (κ1) is 12.1. The summed E-state index contributed by atoms with van der Waals surface area (Å²) in [6.07, 6.45) is 1.10. The zero-order valence-corrected chi connectivity index (χ0v) is 11.1. The largest absolute Gasteiger partial charge is 0.372 e. The Kier molecular flexibility index (Phi) is 4.83. The Morgan fingerprint density at radius 1 is 1.27 bits per heavy atom. The maximum absolute atomic E-state index is 5.56. The molecule has 0 amide bonds. The fraction of sp³-hybridized carbons (Fsp3) is 1.00. The average molecular weight is 288 g/mol. The summed E-state index contributed by atoms with van der Waals surface area (Å²) >= 11 is 2.44. The van der Waals surface area contributed by atoms with Gasteiger partial charge in [-0.1, -0.05) is 36.4 Å². The first-order chi connectivity index (χ1) is 4.71. The molecule has 0 aliphatic carbocycles. The highest BCUT2D eigenvalue weighted by Crippen LogP contribution is 2.24. The summed E-state index contributed by atoms with van der Waals surface area (Å²) in [5.74, 6) is 0. The SMILES string of the molecule is CC(C)(I)CCOC(C)(C)P. The van der Waals surface area contributed by atoms with Gasteiger partial charge in [0.2, 0.25) is 0 Å². The molecule has 1 unspecified atom stereocenters. The van der Waals surface area contributed by atoms with Gasteiger partial charge in [-0.3, -0.25) is 0 Å². The second kappa shape index (κ2) is 4.38. The van der Waals surface area contributed by atoms with Crippen molar-refractivity contribution in [3.63, 3.8) is 0 Å². The first-order valence-electron chi connectivity index (χ1n) is 3.82. The molecule has 0 N–H and O–H groups in total. The van der Waals surface area contributed by atoms with E-state index >= 15 is 0 Å². The molecule has 0 aliphatic rings. The molecule has 0 aromatic carbocycles. The number of hydrogen-bond donors (Lipinski definition) is 0. The number of ether oxygens (including phenoxy) is 1. The van der Waals surface area contributed by atoms with Gasteiger partial charge in [-0.15, -0.1) is 9.24 Å². The quantitative estimate of drug-likeness (QED) is 0.438. The van der Waals surface area contributed by atoms with Gasteiger partial charge in [0.1, 0.15) is 0 Å². The lowest BCUT2D eigenvalue weighted by molar-refractivity contribution is 0.0476. The molecule has 0 saturated heterocycles. The molecule has 0 aromatic heterocycles. The molecule has 68 valence electrons. The van der Waals surface area contributed by atoms with E-state index in [1.165, 1.54) is 0 Å². The van der Waals surface area contributed by atoms with Gasteiger partial charge in [-0.05, 0) is 20.3 Å². The Labute approximate surface area is 86.0 Å². The number of halogens is 1. The third-order valence-corrected chi connectivity index (χ3v) is 1.88. The highest BCUT2D eigenvalue weighted by molar-refractivity contribution is 14.1. The molecule has 0 fully saturated rings. The smallest absolute Gasteiger partial charge is 0.0757 e. The summed E-state index contributed by atoms with van der Waals surface area (Å²) in [6.45, 7) is 9.38. The Morgan fingerprint density at radius 2 is 1.73 bits per heavy atom. The monoisotopic (exact) mass is 288 g/mol. The van der Waals surface area contributed by atoms with Crippen LogP contribution in [0.4, 0.5) is 0 Å². The lowest BCUT2D eigenvalue weighted by atomic mass is 10.1. The predicted molar refractivity (Wildman–Crippen MR) is 62.5 cm³/mol. The van der Waals surface area contributed by atoms with Crippen LogP contribution in [0.25, 0.3) is 0 Å². The topological polar surface area (TPSA) is 9.23 Å². The van der Waals surface area contributed by atoms with Gasteiger partial charge in [0.05, 0.1) is 5.34 Å². The Balaban J connectivity index is 3.44. The summed E-state index contributed by atoms with van der Waals surface area (Å²) in [7, 11) is 2.68. The molecule has 0 aliphatic heterocycles. The maximum Gasteiger partial charge on any atom is 0.0757 e. The van der Waals surface area contributed by atoms with Crippen molar-refractivity contribution in [1.82, 2.24) is 0 Å². The molecule has 1 atom stereocenters. The van der Waals surface area contributed by atoms with E-state index < -0.39 is 0 Å². The lowest BCUT2D eigenvalue weighted by Crippen LogP contribution is -2.20. The molecule has 0 radical (unpaired) electrons. The van der Waals surface area contributed by atoms with Gasteiger partial charge < -0.3 is 4.74 Å². The molecule has 0 heterocycles. The van der Waals surface area contributed by atoms with E-state index in [1.54, 1.807) is 0 Å². The van der Waals surface area contributed by atoms with Crippen LogP contribution in [-0.2, 0) is 4.74 Å². The van der Waals surface area contributed by atoms with Crippen LogP contribution >= 0.6 is 31.8 Å². The first-order valence-corrected chi connectivity index (χ1v) is 5.48. The molecule has 0 rings (SSSR count). The second-order valence-corrected chi connectivity index (χ2v) is 8.23. The fourth-order valence-electron chi connectivity index (χ4n) is 0.557. The van der Waals surface area contributed by atoms with Crippen molar-refractivity contribution in [3.8, 4) is 0 Å². The van der Waals surface area contributed by atoms with Crippen molar-refractivity contribution in [2.75, 3.05) is 6.61 Å². The molecule has 0 spiro atoms. The van der Waals surface area contributed by atoms with Crippen molar-refractivity contribution in [3.05, 3.63) is 0 Å².